The summed E-state index contributed by atoms with van der Waals surface area (Å²) < 4.78 is 4.43. The molecule has 0 aliphatic heterocycles. The molecule has 0 aliphatic carbocycles. The second-order valence-electron chi connectivity index (χ2n) is 1.68. The standard InChI is InChI=1S/C5H6N2O3S/c6-4(9)10-5-7-3(1-8)2-11-5/h2,8H,1H2,(H2,6,9). The van der Waals surface area contributed by atoms with E-state index in [-0.39, 0.29) is 11.8 Å². The summed E-state index contributed by atoms with van der Waals surface area (Å²) in [5.41, 5.74) is 5.18. The number of amides is 1. The van der Waals surface area contributed by atoms with Crippen LogP contribution in [0.25, 0.3) is 0 Å². The predicted octanol–water partition coefficient (Wildman–Crippen LogP) is 0.0929. The normalized spacial score (nSPS) is 9.55. The Morgan fingerprint density at radius 2 is 2.64 bits per heavy atom. The van der Waals surface area contributed by atoms with Gasteiger partial charge in [-0.3, -0.25) is 0 Å². The number of nitrogens with two attached hydrogens (primary N) is 1. The van der Waals surface area contributed by atoms with E-state index in [1.807, 2.05) is 0 Å². The molecule has 0 fully saturated rings. The Labute approximate surface area is 66.4 Å². The molecule has 3 N–H and O–H groups in total. The molecule has 6 heteroatoms. The van der Waals surface area contributed by atoms with Gasteiger partial charge < -0.3 is 15.6 Å². The number of hydrogen-bond acceptors (Lipinski definition) is 5. The molecule has 0 atom stereocenters. The summed E-state index contributed by atoms with van der Waals surface area (Å²) in [6, 6.07) is 0. The molecule has 11 heavy (non-hydrogen) atoms. The zero-order valence-corrected chi connectivity index (χ0v) is 6.30. The zero-order valence-electron chi connectivity index (χ0n) is 5.48. The third kappa shape index (κ3) is 2.17. The molecule has 0 saturated heterocycles. The maximum atomic E-state index is 10.2. The van der Waals surface area contributed by atoms with Crippen molar-refractivity contribution < 1.29 is 14.6 Å². The largest absolute Gasteiger partial charge is 0.411 e. The van der Waals surface area contributed by atoms with E-state index in [1.165, 1.54) is 0 Å². The first-order valence-corrected chi connectivity index (χ1v) is 3.63. The number of thiazole rings is 1. The van der Waals surface area contributed by atoms with Crippen LogP contribution in [0.1, 0.15) is 5.69 Å². The van der Waals surface area contributed by atoms with Gasteiger partial charge in [-0.25, -0.2) is 9.78 Å². The molecular weight excluding hydrogens is 168 g/mol. The van der Waals surface area contributed by atoms with Gasteiger partial charge in [0.05, 0.1) is 12.3 Å². The fraction of sp³-hybridized carbons (Fsp3) is 0.200. The van der Waals surface area contributed by atoms with E-state index >= 15 is 0 Å². The number of nitrogens with zero attached hydrogens (tertiary/aromatic N) is 1. The molecule has 1 aromatic heterocycles. The van der Waals surface area contributed by atoms with Gasteiger partial charge in [0.25, 0.3) is 5.19 Å². The molecule has 0 aliphatic rings. The number of rotatable bonds is 2. The van der Waals surface area contributed by atoms with Crippen molar-refractivity contribution >= 4 is 17.4 Å². The van der Waals surface area contributed by atoms with Crippen LogP contribution in [0.15, 0.2) is 5.38 Å². The van der Waals surface area contributed by atoms with Crippen molar-refractivity contribution in [1.29, 1.82) is 0 Å². The SMILES string of the molecule is NC(=O)Oc1nc(CO)cs1. The lowest BCUT2D eigenvalue weighted by atomic mass is 10.5. The molecule has 1 aromatic rings. The van der Waals surface area contributed by atoms with Crippen LogP contribution in [0.4, 0.5) is 4.79 Å². The minimum atomic E-state index is -0.899. The molecule has 0 bridgehead atoms. The molecule has 5 nitrogen and oxygen atoms in total. The van der Waals surface area contributed by atoms with Crippen molar-refractivity contribution in [2.45, 2.75) is 6.61 Å². The number of hydrogen-bond donors (Lipinski definition) is 2. The monoisotopic (exact) mass is 174 g/mol. The second kappa shape index (κ2) is 3.31. The van der Waals surface area contributed by atoms with Crippen molar-refractivity contribution in [3.63, 3.8) is 0 Å². The molecule has 0 radical (unpaired) electrons. The highest BCUT2D eigenvalue weighted by atomic mass is 32.1. The number of carbonyl (C=O) groups excluding carboxylic acids is 1. The van der Waals surface area contributed by atoms with Crippen LogP contribution in [0.5, 0.6) is 5.19 Å². The summed E-state index contributed by atoms with van der Waals surface area (Å²) in [5.74, 6) is 0. The van der Waals surface area contributed by atoms with Gasteiger partial charge in [0.2, 0.25) is 0 Å². The molecule has 0 saturated carbocycles. The summed E-state index contributed by atoms with van der Waals surface area (Å²) in [5, 5.41) is 10.3. The van der Waals surface area contributed by atoms with Gasteiger partial charge in [-0.05, 0) is 0 Å². The molecule has 60 valence electrons. The van der Waals surface area contributed by atoms with Crippen LogP contribution in [0.2, 0.25) is 0 Å². The Kier molecular flexibility index (Phi) is 2.40. The van der Waals surface area contributed by atoms with Gasteiger partial charge in [-0.15, -0.1) is 0 Å². The average Bonchev–Trinajstić information content (AvgIpc) is 2.34. The number of ether oxygens (including phenoxy) is 1. The summed E-state index contributed by atoms with van der Waals surface area (Å²) in [7, 11) is 0. The number of aliphatic hydroxyl groups is 1. The molecule has 0 aromatic carbocycles. The topological polar surface area (TPSA) is 85.4 Å². The fourth-order valence-corrected chi connectivity index (χ4v) is 1.16. The Balaban J connectivity index is 2.65. The highest BCUT2D eigenvalue weighted by molar-refractivity contribution is 7.11. The first kappa shape index (κ1) is 7.96. The Bertz CT molecular complexity index is 260. The average molecular weight is 174 g/mol. The van der Waals surface area contributed by atoms with Gasteiger partial charge >= 0.3 is 6.09 Å². The van der Waals surface area contributed by atoms with Crippen LogP contribution in [-0.2, 0) is 6.61 Å². The van der Waals surface area contributed by atoms with Gasteiger partial charge in [0.1, 0.15) is 0 Å². The number of carbonyl (C=O) groups is 1. The van der Waals surface area contributed by atoms with E-state index in [0.717, 1.165) is 11.3 Å². The predicted molar refractivity (Wildman–Crippen MR) is 38.2 cm³/mol. The maximum Gasteiger partial charge on any atom is 0.411 e. The maximum absolute atomic E-state index is 10.2. The molecular formula is C5H6N2O3S. The number of primary amides is 1. The van der Waals surface area contributed by atoms with Crippen LogP contribution in [0.3, 0.4) is 0 Å². The fourth-order valence-electron chi connectivity index (χ4n) is 0.494. The van der Waals surface area contributed by atoms with Crippen LogP contribution >= 0.6 is 11.3 Å². The van der Waals surface area contributed by atoms with Gasteiger partial charge in [0.15, 0.2) is 0 Å². The van der Waals surface area contributed by atoms with E-state index < -0.39 is 6.09 Å². The van der Waals surface area contributed by atoms with Crippen molar-refractivity contribution in [1.82, 2.24) is 4.98 Å². The summed E-state index contributed by atoms with van der Waals surface area (Å²) in [4.78, 5) is 13.9. The summed E-state index contributed by atoms with van der Waals surface area (Å²) in [6.07, 6.45) is -0.899. The van der Waals surface area contributed by atoms with Crippen molar-refractivity contribution in [3.05, 3.63) is 11.1 Å². The van der Waals surface area contributed by atoms with Crippen molar-refractivity contribution in [2.24, 2.45) is 5.73 Å². The van der Waals surface area contributed by atoms with Crippen molar-refractivity contribution in [2.75, 3.05) is 0 Å². The Morgan fingerprint density at radius 1 is 1.91 bits per heavy atom. The summed E-state index contributed by atoms with van der Waals surface area (Å²) >= 11 is 1.11. The minimum Gasteiger partial charge on any atom is -0.390 e. The van der Waals surface area contributed by atoms with E-state index in [1.54, 1.807) is 5.38 Å². The van der Waals surface area contributed by atoms with E-state index in [4.69, 9.17) is 10.8 Å². The molecule has 0 spiro atoms. The lowest BCUT2D eigenvalue weighted by molar-refractivity contribution is 0.210. The lowest BCUT2D eigenvalue weighted by Gasteiger charge is -1.90. The number of aliphatic hydroxyl groups excluding tert-OH is 1. The second-order valence-corrected chi connectivity index (χ2v) is 2.50. The van der Waals surface area contributed by atoms with Crippen molar-refractivity contribution in [3.8, 4) is 5.19 Å². The molecule has 1 rings (SSSR count). The molecule has 0 unspecified atom stereocenters. The third-order valence-electron chi connectivity index (χ3n) is 0.881. The molecule has 1 heterocycles. The first-order chi connectivity index (χ1) is 5.22. The van der Waals surface area contributed by atoms with Crippen LogP contribution in [-0.4, -0.2) is 16.2 Å². The molecule has 1 amide bonds. The smallest absolute Gasteiger partial charge is 0.390 e. The zero-order chi connectivity index (χ0) is 8.27. The summed E-state index contributed by atoms with van der Waals surface area (Å²) in [6.45, 7) is -0.168. The highest BCUT2D eigenvalue weighted by Crippen LogP contribution is 2.17. The van der Waals surface area contributed by atoms with E-state index in [9.17, 15) is 4.79 Å². The van der Waals surface area contributed by atoms with Gasteiger partial charge in [0, 0.05) is 5.38 Å². The van der Waals surface area contributed by atoms with Gasteiger partial charge in [-0.2, -0.15) is 0 Å². The highest BCUT2D eigenvalue weighted by Gasteiger charge is 2.03. The minimum absolute atomic E-state index is 0.154. The van der Waals surface area contributed by atoms with E-state index in [2.05, 4.69) is 9.72 Å². The Morgan fingerprint density at radius 3 is 3.09 bits per heavy atom. The Hall–Kier alpha value is -1.14. The van der Waals surface area contributed by atoms with Crippen LogP contribution < -0.4 is 10.5 Å². The number of aromatic nitrogens is 1. The first-order valence-electron chi connectivity index (χ1n) is 2.75. The third-order valence-corrected chi connectivity index (χ3v) is 1.65. The van der Waals surface area contributed by atoms with E-state index in [0.29, 0.717) is 5.69 Å². The lowest BCUT2D eigenvalue weighted by Crippen LogP contribution is -2.16. The van der Waals surface area contributed by atoms with Crippen LogP contribution in [0, 0.1) is 0 Å². The van der Waals surface area contributed by atoms with Gasteiger partial charge in [-0.1, -0.05) is 11.3 Å². The quantitative estimate of drug-likeness (QED) is 0.665.